The van der Waals surface area contributed by atoms with Crippen LogP contribution in [-0.4, -0.2) is 19.6 Å². The molecule has 1 saturated heterocycles. The Bertz CT molecular complexity index is 325. The summed E-state index contributed by atoms with van der Waals surface area (Å²) in [5.41, 5.74) is 2.82. The van der Waals surface area contributed by atoms with Gasteiger partial charge in [0, 0.05) is 12.1 Å². The summed E-state index contributed by atoms with van der Waals surface area (Å²) in [5.74, 6) is 0. The number of benzene rings is 1. The highest BCUT2D eigenvalue weighted by Gasteiger charge is 2.22. The first-order chi connectivity index (χ1) is 8.35. The maximum atomic E-state index is 3.63. The minimum Gasteiger partial charge on any atom is -0.312 e. The first-order valence-corrected chi connectivity index (χ1v) is 6.84. The summed E-state index contributed by atoms with van der Waals surface area (Å²) in [4.78, 5) is 0. The van der Waals surface area contributed by atoms with E-state index in [0.717, 1.165) is 13.0 Å². The van der Waals surface area contributed by atoms with Crippen molar-refractivity contribution in [2.45, 2.75) is 44.7 Å². The van der Waals surface area contributed by atoms with Crippen LogP contribution in [0.1, 0.15) is 43.4 Å². The molecule has 0 amide bonds. The molecule has 0 saturated carbocycles. The normalized spacial score (nSPS) is 22.4. The molecule has 0 aromatic heterocycles. The van der Waals surface area contributed by atoms with Gasteiger partial charge in [0.15, 0.2) is 0 Å². The summed E-state index contributed by atoms with van der Waals surface area (Å²) in [6.45, 7) is 3.36. The van der Waals surface area contributed by atoms with E-state index in [2.05, 4.69) is 48.9 Å². The second-order valence-electron chi connectivity index (χ2n) is 4.92. The zero-order valence-electron chi connectivity index (χ0n) is 11.0. The van der Waals surface area contributed by atoms with E-state index in [4.69, 9.17) is 0 Å². The second-order valence-corrected chi connectivity index (χ2v) is 4.92. The van der Waals surface area contributed by atoms with Crippen molar-refractivity contribution >= 4 is 0 Å². The van der Waals surface area contributed by atoms with E-state index in [-0.39, 0.29) is 0 Å². The Morgan fingerprint density at radius 3 is 2.59 bits per heavy atom. The Morgan fingerprint density at radius 2 is 2.06 bits per heavy atom. The number of piperidine rings is 1. The van der Waals surface area contributed by atoms with Crippen LogP contribution in [0.4, 0.5) is 0 Å². The molecule has 0 bridgehead atoms. The topological polar surface area (TPSA) is 24.1 Å². The van der Waals surface area contributed by atoms with Gasteiger partial charge in [0.05, 0.1) is 0 Å². The van der Waals surface area contributed by atoms with Gasteiger partial charge in [-0.2, -0.15) is 0 Å². The molecular formula is C15H24N2. The van der Waals surface area contributed by atoms with Crippen LogP contribution in [0, 0.1) is 0 Å². The van der Waals surface area contributed by atoms with Crippen LogP contribution < -0.4 is 10.6 Å². The first-order valence-electron chi connectivity index (χ1n) is 6.84. The van der Waals surface area contributed by atoms with Crippen molar-refractivity contribution in [2.24, 2.45) is 0 Å². The van der Waals surface area contributed by atoms with Crippen molar-refractivity contribution in [3.05, 3.63) is 35.4 Å². The van der Waals surface area contributed by atoms with Crippen LogP contribution in [0.5, 0.6) is 0 Å². The molecule has 2 nitrogen and oxygen atoms in total. The van der Waals surface area contributed by atoms with Crippen LogP contribution in [0.3, 0.4) is 0 Å². The summed E-state index contributed by atoms with van der Waals surface area (Å²) in [6.07, 6.45) is 5.07. The van der Waals surface area contributed by atoms with Gasteiger partial charge in [-0.05, 0) is 44.0 Å². The predicted molar refractivity (Wildman–Crippen MR) is 73.3 cm³/mol. The Morgan fingerprint density at radius 1 is 1.29 bits per heavy atom. The van der Waals surface area contributed by atoms with Crippen LogP contribution >= 0.6 is 0 Å². The van der Waals surface area contributed by atoms with Gasteiger partial charge in [0.2, 0.25) is 0 Å². The molecule has 0 aliphatic carbocycles. The Kier molecular flexibility index (Phi) is 4.57. The molecule has 2 N–H and O–H groups in total. The van der Waals surface area contributed by atoms with Gasteiger partial charge >= 0.3 is 0 Å². The molecule has 1 aromatic rings. The molecule has 1 aliphatic heterocycles. The maximum absolute atomic E-state index is 3.63. The molecule has 2 rings (SSSR count). The van der Waals surface area contributed by atoms with Crippen LogP contribution in [-0.2, 0) is 6.42 Å². The minimum absolute atomic E-state index is 0.446. The third-order valence-electron chi connectivity index (χ3n) is 3.81. The number of rotatable bonds is 4. The van der Waals surface area contributed by atoms with E-state index >= 15 is 0 Å². The lowest BCUT2D eigenvalue weighted by atomic mass is 9.92. The number of likely N-dealkylation sites (N-methyl/N-ethyl adjacent to an activating group) is 1. The molecule has 2 heteroatoms. The summed E-state index contributed by atoms with van der Waals surface area (Å²) in [7, 11) is 2.06. The van der Waals surface area contributed by atoms with Crippen molar-refractivity contribution in [3.8, 4) is 0 Å². The van der Waals surface area contributed by atoms with Gasteiger partial charge in [-0.1, -0.05) is 37.6 Å². The maximum Gasteiger partial charge on any atom is 0.0473 e. The fourth-order valence-electron chi connectivity index (χ4n) is 2.72. The standard InChI is InChI=1S/C15H24N2/c1-3-12-7-9-13(10-8-12)15(16-2)14-6-4-5-11-17-14/h7-10,14-17H,3-6,11H2,1-2H3. The quantitative estimate of drug-likeness (QED) is 0.834. The molecule has 1 aromatic carbocycles. The molecule has 94 valence electrons. The highest BCUT2D eigenvalue weighted by atomic mass is 15.0. The largest absolute Gasteiger partial charge is 0.312 e. The van der Waals surface area contributed by atoms with E-state index in [0.29, 0.717) is 12.1 Å². The molecular weight excluding hydrogens is 208 g/mol. The monoisotopic (exact) mass is 232 g/mol. The summed E-state index contributed by atoms with van der Waals surface area (Å²) in [5, 5.41) is 7.10. The lowest BCUT2D eigenvalue weighted by Gasteiger charge is -2.31. The third-order valence-corrected chi connectivity index (χ3v) is 3.81. The summed E-state index contributed by atoms with van der Waals surface area (Å²) >= 11 is 0. The zero-order valence-corrected chi connectivity index (χ0v) is 11.0. The second kappa shape index (κ2) is 6.18. The Hall–Kier alpha value is -0.860. The molecule has 17 heavy (non-hydrogen) atoms. The van der Waals surface area contributed by atoms with Crippen molar-refractivity contribution in [1.82, 2.24) is 10.6 Å². The van der Waals surface area contributed by atoms with Gasteiger partial charge in [0.1, 0.15) is 0 Å². The number of hydrogen-bond donors (Lipinski definition) is 2. The van der Waals surface area contributed by atoms with Crippen molar-refractivity contribution in [3.63, 3.8) is 0 Å². The van der Waals surface area contributed by atoms with Crippen molar-refractivity contribution in [1.29, 1.82) is 0 Å². The third kappa shape index (κ3) is 3.08. The van der Waals surface area contributed by atoms with Gasteiger partial charge in [0.25, 0.3) is 0 Å². The summed E-state index contributed by atoms with van der Waals surface area (Å²) in [6, 6.07) is 10.1. The van der Waals surface area contributed by atoms with Gasteiger partial charge in [-0.3, -0.25) is 0 Å². The Labute approximate surface area is 105 Å². The predicted octanol–water partition coefficient (Wildman–Crippen LogP) is 2.65. The van der Waals surface area contributed by atoms with Crippen molar-refractivity contribution < 1.29 is 0 Å². The Balaban J connectivity index is 2.10. The van der Waals surface area contributed by atoms with E-state index in [1.165, 1.54) is 30.4 Å². The van der Waals surface area contributed by atoms with E-state index in [9.17, 15) is 0 Å². The number of nitrogens with one attached hydrogen (secondary N) is 2. The summed E-state index contributed by atoms with van der Waals surface area (Å²) < 4.78 is 0. The van der Waals surface area contributed by atoms with Gasteiger partial charge < -0.3 is 10.6 Å². The lowest BCUT2D eigenvalue weighted by molar-refractivity contribution is 0.326. The molecule has 1 heterocycles. The fraction of sp³-hybridized carbons (Fsp3) is 0.600. The average molecular weight is 232 g/mol. The number of hydrogen-bond acceptors (Lipinski definition) is 2. The molecule has 1 fully saturated rings. The highest BCUT2D eigenvalue weighted by molar-refractivity contribution is 5.26. The average Bonchev–Trinajstić information content (AvgIpc) is 2.42. The first kappa shape index (κ1) is 12.6. The molecule has 1 aliphatic rings. The minimum atomic E-state index is 0.446. The van der Waals surface area contributed by atoms with E-state index < -0.39 is 0 Å². The fourth-order valence-corrected chi connectivity index (χ4v) is 2.72. The van der Waals surface area contributed by atoms with E-state index in [1.807, 2.05) is 0 Å². The molecule has 0 radical (unpaired) electrons. The zero-order chi connectivity index (χ0) is 12.1. The van der Waals surface area contributed by atoms with Crippen LogP contribution in [0.15, 0.2) is 24.3 Å². The number of aryl methyl sites for hydroxylation is 1. The molecule has 0 spiro atoms. The van der Waals surface area contributed by atoms with Gasteiger partial charge in [-0.15, -0.1) is 0 Å². The lowest BCUT2D eigenvalue weighted by Crippen LogP contribution is -2.43. The SMILES string of the molecule is CCc1ccc(C(NC)C2CCCCN2)cc1. The van der Waals surface area contributed by atoms with Crippen molar-refractivity contribution in [2.75, 3.05) is 13.6 Å². The molecule has 2 unspecified atom stereocenters. The van der Waals surface area contributed by atoms with Crippen LogP contribution in [0.2, 0.25) is 0 Å². The van der Waals surface area contributed by atoms with Crippen LogP contribution in [0.25, 0.3) is 0 Å². The highest BCUT2D eigenvalue weighted by Crippen LogP contribution is 2.23. The van der Waals surface area contributed by atoms with E-state index in [1.54, 1.807) is 0 Å². The molecule has 2 atom stereocenters. The smallest absolute Gasteiger partial charge is 0.0473 e. The van der Waals surface area contributed by atoms with Gasteiger partial charge in [-0.25, -0.2) is 0 Å².